The van der Waals surface area contributed by atoms with Crippen molar-refractivity contribution in [1.82, 2.24) is 15.1 Å². The maximum atomic E-state index is 12.5. The molecule has 0 radical (unpaired) electrons. The summed E-state index contributed by atoms with van der Waals surface area (Å²) in [5.74, 6) is 1.46. The van der Waals surface area contributed by atoms with Crippen LogP contribution in [-0.4, -0.2) is 35.9 Å². The molecule has 1 aromatic heterocycles. The van der Waals surface area contributed by atoms with E-state index in [9.17, 15) is 4.79 Å². The molecule has 1 aliphatic rings. The van der Waals surface area contributed by atoms with Gasteiger partial charge in [-0.1, -0.05) is 24.3 Å². The second-order valence-corrected chi connectivity index (χ2v) is 6.76. The third-order valence-corrected chi connectivity index (χ3v) is 4.95. The minimum absolute atomic E-state index is 0.0433. The molecule has 0 fully saturated rings. The number of aryl methyl sites for hydroxylation is 1. The Labute approximate surface area is 158 Å². The van der Waals surface area contributed by atoms with Gasteiger partial charge in [0.15, 0.2) is 0 Å². The van der Waals surface area contributed by atoms with E-state index in [2.05, 4.69) is 22.5 Å². The van der Waals surface area contributed by atoms with E-state index in [1.807, 2.05) is 41.2 Å². The summed E-state index contributed by atoms with van der Waals surface area (Å²) < 4.78 is 13.0. The molecule has 0 bridgehead atoms. The zero-order valence-electron chi connectivity index (χ0n) is 15.4. The minimum Gasteiger partial charge on any atom is -0.497 e. The van der Waals surface area contributed by atoms with Gasteiger partial charge in [-0.3, -0.25) is 9.48 Å². The molecule has 27 heavy (non-hydrogen) atoms. The molecule has 140 valence electrons. The van der Waals surface area contributed by atoms with E-state index in [1.165, 1.54) is 0 Å². The number of para-hydroxylation sites is 1. The number of nitrogens with zero attached hydrogens (tertiary/aromatic N) is 2. The summed E-state index contributed by atoms with van der Waals surface area (Å²) in [5, 5.41) is 8.58. The molecular formula is C21H23N3O3. The number of methoxy groups -OCH3 is 1. The van der Waals surface area contributed by atoms with Gasteiger partial charge in [0.05, 0.1) is 24.7 Å². The van der Waals surface area contributed by atoms with Crippen molar-refractivity contribution in [1.29, 1.82) is 0 Å². The molecule has 4 rings (SSSR count). The van der Waals surface area contributed by atoms with Crippen molar-refractivity contribution in [3.05, 3.63) is 54.2 Å². The normalized spacial score (nSPS) is 15.8. The standard InChI is InChI=1S/C21H23N3O3/c1-26-18-8-7-15-11-17(14-27-20(15)12-18)21(25)22-9-4-10-24-19-6-3-2-5-16(19)13-23-24/h2-3,5-8,12-13,17H,4,9-11,14H2,1H3,(H,22,25). The molecule has 0 spiro atoms. The fraction of sp³-hybridized carbons (Fsp3) is 0.333. The van der Waals surface area contributed by atoms with Crippen molar-refractivity contribution in [2.24, 2.45) is 5.92 Å². The molecule has 1 atom stereocenters. The van der Waals surface area contributed by atoms with Crippen molar-refractivity contribution in [2.75, 3.05) is 20.3 Å². The van der Waals surface area contributed by atoms with Gasteiger partial charge in [-0.15, -0.1) is 0 Å². The topological polar surface area (TPSA) is 65.4 Å². The molecule has 1 aliphatic heterocycles. The predicted molar refractivity (Wildman–Crippen MR) is 103 cm³/mol. The zero-order chi connectivity index (χ0) is 18.6. The summed E-state index contributed by atoms with van der Waals surface area (Å²) in [4.78, 5) is 12.5. The third-order valence-electron chi connectivity index (χ3n) is 4.95. The van der Waals surface area contributed by atoms with Crippen LogP contribution in [0.4, 0.5) is 0 Å². The van der Waals surface area contributed by atoms with Gasteiger partial charge in [-0.25, -0.2) is 0 Å². The van der Waals surface area contributed by atoms with Crippen LogP contribution in [-0.2, 0) is 17.8 Å². The van der Waals surface area contributed by atoms with Crippen LogP contribution in [0.3, 0.4) is 0 Å². The number of ether oxygens (including phenoxy) is 2. The van der Waals surface area contributed by atoms with Crippen LogP contribution in [0.1, 0.15) is 12.0 Å². The summed E-state index contributed by atoms with van der Waals surface area (Å²) in [7, 11) is 1.63. The van der Waals surface area contributed by atoms with Crippen molar-refractivity contribution in [3.8, 4) is 11.5 Å². The lowest BCUT2D eigenvalue weighted by atomic mass is 9.96. The Bertz CT molecular complexity index is 951. The van der Waals surface area contributed by atoms with E-state index >= 15 is 0 Å². The number of hydrogen-bond acceptors (Lipinski definition) is 4. The number of nitrogens with one attached hydrogen (secondary N) is 1. The Hall–Kier alpha value is -3.02. The Morgan fingerprint density at radius 3 is 3.11 bits per heavy atom. The molecule has 2 aromatic carbocycles. The van der Waals surface area contributed by atoms with Gasteiger partial charge >= 0.3 is 0 Å². The summed E-state index contributed by atoms with van der Waals surface area (Å²) >= 11 is 0. The highest BCUT2D eigenvalue weighted by Gasteiger charge is 2.26. The van der Waals surface area contributed by atoms with Gasteiger partial charge in [0, 0.05) is 24.5 Å². The first kappa shape index (κ1) is 17.4. The maximum absolute atomic E-state index is 12.5. The van der Waals surface area contributed by atoms with E-state index in [-0.39, 0.29) is 11.8 Å². The molecule has 2 heterocycles. The fourth-order valence-electron chi connectivity index (χ4n) is 3.44. The van der Waals surface area contributed by atoms with E-state index in [1.54, 1.807) is 7.11 Å². The summed E-state index contributed by atoms with van der Waals surface area (Å²) in [6.07, 6.45) is 3.40. The molecule has 6 heteroatoms. The van der Waals surface area contributed by atoms with E-state index < -0.39 is 0 Å². The van der Waals surface area contributed by atoms with Crippen LogP contribution in [0.5, 0.6) is 11.5 Å². The number of aromatic nitrogens is 2. The number of fused-ring (bicyclic) bond motifs is 2. The number of carbonyl (C=O) groups excluding carboxylic acids is 1. The fourth-order valence-corrected chi connectivity index (χ4v) is 3.44. The summed E-state index contributed by atoms with van der Waals surface area (Å²) in [6.45, 7) is 1.80. The molecule has 0 aliphatic carbocycles. The largest absolute Gasteiger partial charge is 0.497 e. The highest BCUT2D eigenvalue weighted by atomic mass is 16.5. The Morgan fingerprint density at radius 1 is 1.33 bits per heavy atom. The first-order chi connectivity index (χ1) is 13.2. The zero-order valence-corrected chi connectivity index (χ0v) is 15.4. The van der Waals surface area contributed by atoms with Crippen molar-refractivity contribution in [2.45, 2.75) is 19.4 Å². The summed E-state index contributed by atoms with van der Waals surface area (Å²) in [5.41, 5.74) is 2.17. The number of rotatable bonds is 6. The third kappa shape index (κ3) is 3.74. The van der Waals surface area contributed by atoms with E-state index in [0.717, 1.165) is 40.9 Å². The van der Waals surface area contributed by atoms with Crippen LogP contribution >= 0.6 is 0 Å². The predicted octanol–water partition coefficient (Wildman–Crippen LogP) is 2.80. The van der Waals surface area contributed by atoms with Gasteiger partial charge in [-0.2, -0.15) is 5.10 Å². The smallest absolute Gasteiger partial charge is 0.226 e. The lowest BCUT2D eigenvalue weighted by Gasteiger charge is -2.25. The molecule has 0 saturated heterocycles. The number of amides is 1. The van der Waals surface area contributed by atoms with Crippen molar-refractivity contribution >= 4 is 16.8 Å². The Kier molecular flexibility index (Phi) is 4.96. The minimum atomic E-state index is -0.156. The first-order valence-electron chi connectivity index (χ1n) is 9.22. The number of hydrogen-bond donors (Lipinski definition) is 1. The summed E-state index contributed by atoms with van der Waals surface area (Å²) in [6, 6.07) is 13.9. The first-order valence-corrected chi connectivity index (χ1v) is 9.22. The average molecular weight is 365 g/mol. The molecule has 0 saturated carbocycles. The van der Waals surface area contributed by atoms with Crippen molar-refractivity contribution < 1.29 is 14.3 Å². The van der Waals surface area contributed by atoms with Gasteiger partial charge in [0.25, 0.3) is 0 Å². The second kappa shape index (κ2) is 7.70. The van der Waals surface area contributed by atoms with Crippen LogP contribution in [0.15, 0.2) is 48.7 Å². The molecule has 1 amide bonds. The van der Waals surface area contributed by atoms with Gasteiger partial charge in [0.1, 0.15) is 18.1 Å². The lowest BCUT2D eigenvalue weighted by Crippen LogP contribution is -2.38. The highest BCUT2D eigenvalue weighted by Crippen LogP contribution is 2.31. The highest BCUT2D eigenvalue weighted by molar-refractivity contribution is 5.79. The quantitative estimate of drug-likeness (QED) is 0.682. The van der Waals surface area contributed by atoms with Crippen LogP contribution in [0.2, 0.25) is 0 Å². The maximum Gasteiger partial charge on any atom is 0.226 e. The van der Waals surface area contributed by atoms with E-state index in [0.29, 0.717) is 19.6 Å². The molecule has 6 nitrogen and oxygen atoms in total. The number of benzene rings is 2. The van der Waals surface area contributed by atoms with Gasteiger partial charge in [-0.05, 0) is 30.5 Å². The Morgan fingerprint density at radius 2 is 2.22 bits per heavy atom. The van der Waals surface area contributed by atoms with Gasteiger partial charge in [0.2, 0.25) is 5.91 Å². The number of carbonyl (C=O) groups is 1. The molecule has 3 aromatic rings. The molecule has 1 N–H and O–H groups in total. The second-order valence-electron chi connectivity index (χ2n) is 6.76. The SMILES string of the molecule is COc1ccc2c(c1)OCC(C(=O)NCCCn1ncc3ccccc31)C2. The molecule has 1 unspecified atom stereocenters. The van der Waals surface area contributed by atoms with Crippen LogP contribution in [0, 0.1) is 5.92 Å². The van der Waals surface area contributed by atoms with Crippen LogP contribution < -0.4 is 14.8 Å². The van der Waals surface area contributed by atoms with Crippen molar-refractivity contribution in [3.63, 3.8) is 0 Å². The Balaban J connectivity index is 1.27. The van der Waals surface area contributed by atoms with Gasteiger partial charge < -0.3 is 14.8 Å². The monoisotopic (exact) mass is 365 g/mol. The van der Waals surface area contributed by atoms with E-state index in [4.69, 9.17) is 9.47 Å². The molecular weight excluding hydrogens is 342 g/mol. The lowest BCUT2D eigenvalue weighted by molar-refractivity contribution is -0.126. The average Bonchev–Trinajstić information content (AvgIpc) is 3.13. The van der Waals surface area contributed by atoms with Crippen LogP contribution in [0.25, 0.3) is 10.9 Å².